The number of benzene rings is 3. The lowest BCUT2D eigenvalue weighted by Crippen LogP contribution is -2.52. The number of carbonyl (C=O) groups is 2. The van der Waals surface area contributed by atoms with Crippen molar-refractivity contribution in [2.75, 3.05) is 5.32 Å². The summed E-state index contributed by atoms with van der Waals surface area (Å²) in [5.41, 5.74) is 4.88. The van der Waals surface area contributed by atoms with Crippen LogP contribution in [0.25, 0.3) is 0 Å². The summed E-state index contributed by atoms with van der Waals surface area (Å²) < 4.78 is 0. The van der Waals surface area contributed by atoms with Gasteiger partial charge < -0.3 is 5.32 Å². The molecule has 140 valence electrons. The topological polar surface area (TPSA) is 61.4 Å². The Kier molecular flexibility index (Phi) is 4.94. The predicted octanol–water partition coefficient (Wildman–Crippen LogP) is 4.90. The molecule has 0 unspecified atom stereocenters. The number of rotatable bonds is 3. The Labute approximate surface area is 171 Å². The second kappa shape index (κ2) is 7.54. The number of hydrogen-bond donors (Lipinski definition) is 2. The molecule has 28 heavy (non-hydrogen) atoms. The summed E-state index contributed by atoms with van der Waals surface area (Å²) in [6, 6.07) is 20.8. The van der Waals surface area contributed by atoms with E-state index in [1.54, 1.807) is 60.7 Å². The van der Waals surface area contributed by atoms with Crippen molar-refractivity contribution in [1.82, 2.24) is 10.4 Å². The van der Waals surface area contributed by atoms with E-state index in [1.807, 2.05) is 12.1 Å². The van der Waals surface area contributed by atoms with Gasteiger partial charge in [0.2, 0.25) is 0 Å². The van der Waals surface area contributed by atoms with Crippen LogP contribution < -0.4 is 10.7 Å². The first-order valence-corrected chi connectivity index (χ1v) is 9.30. The lowest BCUT2D eigenvalue weighted by molar-refractivity contribution is 0.0491. The number of anilines is 1. The van der Waals surface area contributed by atoms with Gasteiger partial charge in [-0.1, -0.05) is 59.6 Å². The number of para-hydroxylation sites is 1. The lowest BCUT2D eigenvalue weighted by atomic mass is 10.0. The summed E-state index contributed by atoms with van der Waals surface area (Å²) in [5, 5.41) is 5.40. The molecule has 1 heterocycles. The van der Waals surface area contributed by atoms with Gasteiger partial charge in [0, 0.05) is 26.9 Å². The molecule has 1 aliphatic heterocycles. The highest BCUT2D eigenvalue weighted by molar-refractivity contribution is 6.35. The average Bonchev–Trinajstić information content (AvgIpc) is 2.71. The molecule has 0 saturated carbocycles. The summed E-state index contributed by atoms with van der Waals surface area (Å²) in [7, 11) is 0. The number of halogens is 2. The minimum atomic E-state index is -0.695. The van der Waals surface area contributed by atoms with Crippen LogP contribution in [0.4, 0.5) is 5.69 Å². The fourth-order valence-electron chi connectivity index (χ4n) is 3.07. The Balaban J connectivity index is 1.75. The number of nitrogens with zero attached hydrogens (tertiary/aromatic N) is 1. The molecule has 4 rings (SSSR count). The van der Waals surface area contributed by atoms with Crippen molar-refractivity contribution in [2.45, 2.75) is 6.17 Å². The highest BCUT2D eigenvalue weighted by atomic mass is 35.5. The van der Waals surface area contributed by atoms with Crippen LogP contribution in [-0.4, -0.2) is 16.8 Å². The Morgan fingerprint density at radius 2 is 1.68 bits per heavy atom. The molecule has 0 spiro atoms. The van der Waals surface area contributed by atoms with Crippen molar-refractivity contribution in [3.05, 3.63) is 99.5 Å². The van der Waals surface area contributed by atoms with Gasteiger partial charge in [-0.25, -0.2) is 5.01 Å². The first-order chi connectivity index (χ1) is 13.5. The van der Waals surface area contributed by atoms with Crippen molar-refractivity contribution in [1.29, 1.82) is 0 Å². The molecule has 2 amide bonds. The summed E-state index contributed by atoms with van der Waals surface area (Å²) in [4.78, 5) is 25.8. The van der Waals surface area contributed by atoms with Crippen LogP contribution in [0.15, 0.2) is 72.8 Å². The third-order valence-corrected chi connectivity index (χ3v) is 5.00. The standard InChI is InChI=1S/C21H15Cl2N3O2/c22-14-10-11-15(17(23)12-14)19-24-18-9-5-4-8-16(18)21(28)26(19)25-20(27)13-6-2-1-3-7-13/h1-12,19,24H,(H,25,27)/t19-/m1/s1. The van der Waals surface area contributed by atoms with Crippen molar-refractivity contribution in [2.24, 2.45) is 0 Å². The molecule has 0 radical (unpaired) electrons. The summed E-state index contributed by atoms with van der Waals surface area (Å²) in [6.07, 6.45) is -0.695. The fraction of sp³-hybridized carbons (Fsp3) is 0.0476. The molecule has 7 heteroatoms. The Bertz CT molecular complexity index is 1060. The van der Waals surface area contributed by atoms with E-state index < -0.39 is 12.1 Å². The van der Waals surface area contributed by atoms with E-state index in [-0.39, 0.29) is 5.91 Å². The molecule has 1 aliphatic rings. The lowest BCUT2D eigenvalue weighted by Gasteiger charge is -2.38. The molecule has 0 aliphatic carbocycles. The molecule has 1 atom stereocenters. The molecule has 5 nitrogen and oxygen atoms in total. The van der Waals surface area contributed by atoms with E-state index in [2.05, 4.69) is 10.7 Å². The third-order valence-electron chi connectivity index (χ3n) is 4.44. The maximum absolute atomic E-state index is 13.1. The maximum Gasteiger partial charge on any atom is 0.276 e. The molecule has 0 bridgehead atoms. The maximum atomic E-state index is 13.1. The van der Waals surface area contributed by atoms with Gasteiger partial charge >= 0.3 is 0 Å². The van der Waals surface area contributed by atoms with E-state index in [4.69, 9.17) is 23.2 Å². The van der Waals surface area contributed by atoms with E-state index in [0.717, 1.165) is 0 Å². The summed E-state index contributed by atoms with van der Waals surface area (Å²) >= 11 is 12.4. The van der Waals surface area contributed by atoms with Gasteiger partial charge in [-0.15, -0.1) is 0 Å². The van der Waals surface area contributed by atoms with Gasteiger partial charge in [0.1, 0.15) is 6.17 Å². The van der Waals surface area contributed by atoms with Gasteiger partial charge in [0.25, 0.3) is 11.8 Å². The number of carbonyl (C=O) groups excluding carboxylic acids is 2. The van der Waals surface area contributed by atoms with Gasteiger partial charge in [-0.05, 0) is 36.4 Å². The Hall–Kier alpha value is -3.02. The highest BCUT2D eigenvalue weighted by Gasteiger charge is 2.35. The van der Waals surface area contributed by atoms with Crippen molar-refractivity contribution >= 4 is 40.7 Å². The van der Waals surface area contributed by atoms with E-state index >= 15 is 0 Å². The summed E-state index contributed by atoms with van der Waals surface area (Å²) in [6.45, 7) is 0. The predicted molar refractivity (Wildman–Crippen MR) is 109 cm³/mol. The molecular weight excluding hydrogens is 397 g/mol. The number of hydrogen-bond acceptors (Lipinski definition) is 3. The van der Waals surface area contributed by atoms with Gasteiger partial charge in [-0.3, -0.25) is 15.0 Å². The van der Waals surface area contributed by atoms with Crippen LogP contribution in [-0.2, 0) is 0 Å². The zero-order chi connectivity index (χ0) is 19.7. The normalized spacial score (nSPS) is 15.6. The monoisotopic (exact) mass is 411 g/mol. The minimum Gasteiger partial charge on any atom is -0.359 e. The molecular formula is C21H15Cl2N3O2. The first kappa shape index (κ1) is 18.3. The SMILES string of the molecule is O=C(NN1C(=O)c2ccccc2N[C@H]1c1ccc(Cl)cc1Cl)c1ccccc1. The molecule has 0 aromatic heterocycles. The zero-order valence-corrected chi connectivity index (χ0v) is 16.0. The van der Waals surface area contributed by atoms with Crippen molar-refractivity contribution in [3.8, 4) is 0 Å². The largest absolute Gasteiger partial charge is 0.359 e. The molecule has 3 aromatic carbocycles. The average molecular weight is 412 g/mol. The molecule has 3 aromatic rings. The van der Waals surface area contributed by atoms with E-state index in [9.17, 15) is 9.59 Å². The van der Waals surface area contributed by atoms with Crippen LogP contribution >= 0.6 is 23.2 Å². The van der Waals surface area contributed by atoms with Gasteiger partial charge in [0.05, 0.1) is 5.56 Å². The fourth-order valence-corrected chi connectivity index (χ4v) is 3.59. The molecule has 2 N–H and O–H groups in total. The van der Waals surface area contributed by atoms with Crippen molar-refractivity contribution < 1.29 is 9.59 Å². The smallest absolute Gasteiger partial charge is 0.276 e. The number of nitrogens with one attached hydrogen (secondary N) is 2. The minimum absolute atomic E-state index is 0.338. The Morgan fingerprint density at radius 3 is 2.43 bits per heavy atom. The third kappa shape index (κ3) is 3.42. The van der Waals surface area contributed by atoms with Crippen molar-refractivity contribution in [3.63, 3.8) is 0 Å². The summed E-state index contributed by atoms with van der Waals surface area (Å²) in [5.74, 6) is -0.736. The van der Waals surface area contributed by atoms with Gasteiger partial charge in [-0.2, -0.15) is 0 Å². The van der Waals surface area contributed by atoms with Crippen LogP contribution in [0.2, 0.25) is 10.0 Å². The van der Waals surface area contributed by atoms with Crippen LogP contribution in [0.1, 0.15) is 32.4 Å². The Morgan fingerprint density at radius 1 is 0.964 bits per heavy atom. The molecule has 0 fully saturated rings. The number of hydrazine groups is 1. The number of fused-ring (bicyclic) bond motifs is 1. The van der Waals surface area contributed by atoms with Gasteiger partial charge in [0.15, 0.2) is 0 Å². The highest BCUT2D eigenvalue weighted by Crippen LogP contribution is 2.35. The van der Waals surface area contributed by atoms with Crippen LogP contribution in [0.5, 0.6) is 0 Å². The van der Waals surface area contributed by atoms with E-state index in [0.29, 0.717) is 32.4 Å². The second-order valence-corrected chi connectivity index (χ2v) is 7.08. The molecule has 0 saturated heterocycles. The van der Waals surface area contributed by atoms with E-state index in [1.165, 1.54) is 5.01 Å². The quantitative estimate of drug-likeness (QED) is 0.643. The van der Waals surface area contributed by atoms with Crippen LogP contribution in [0, 0.1) is 0 Å². The number of amides is 2. The van der Waals surface area contributed by atoms with Crippen LogP contribution in [0.3, 0.4) is 0 Å². The first-order valence-electron chi connectivity index (χ1n) is 8.55. The second-order valence-electron chi connectivity index (χ2n) is 6.24. The zero-order valence-electron chi connectivity index (χ0n) is 14.5.